The van der Waals surface area contributed by atoms with E-state index in [0.717, 1.165) is 31.5 Å². The van der Waals surface area contributed by atoms with Crippen molar-refractivity contribution < 1.29 is 14.7 Å². The van der Waals surface area contributed by atoms with Gasteiger partial charge < -0.3 is 15.3 Å². The van der Waals surface area contributed by atoms with Crippen LogP contribution in [0.3, 0.4) is 0 Å². The largest absolute Gasteiger partial charge is 0.478 e. The van der Waals surface area contributed by atoms with Crippen LogP contribution in [0, 0.1) is 12.8 Å². The molecule has 0 radical (unpaired) electrons. The number of urea groups is 1. The molecule has 0 saturated carbocycles. The molecule has 1 fully saturated rings. The van der Waals surface area contributed by atoms with Crippen LogP contribution in [0.5, 0.6) is 0 Å². The third kappa shape index (κ3) is 3.29. The molecule has 5 nitrogen and oxygen atoms in total. The molecule has 1 aromatic carbocycles. The fourth-order valence-corrected chi connectivity index (χ4v) is 2.46. The van der Waals surface area contributed by atoms with E-state index < -0.39 is 5.97 Å². The Hall–Kier alpha value is -2.04. The monoisotopic (exact) mass is 276 g/mol. The number of hydrogen-bond donors (Lipinski definition) is 2. The summed E-state index contributed by atoms with van der Waals surface area (Å²) in [6, 6.07) is 4.60. The van der Waals surface area contributed by atoms with E-state index in [1.54, 1.807) is 11.0 Å². The highest BCUT2D eigenvalue weighted by Crippen LogP contribution is 2.20. The fourth-order valence-electron chi connectivity index (χ4n) is 2.46. The van der Waals surface area contributed by atoms with Crippen molar-refractivity contribution in [2.45, 2.75) is 26.7 Å². The van der Waals surface area contributed by atoms with E-state index in [4.69, 9.17) is 5.11 Å². The van der Waals surface area contributed by atoms with Gasteiger partial charge in [0.25, 0.3) is 0 Å². The van der Waals surface area contributed by atoms with Crippen molar-refractivity contribution in [1.29, 1.82) is 0 Å². The average molecular weight is 276 g/mol. The number of nitrogens with zero attached hydrogens (tertiary/aromatic N) is 1. The molecular formula is C15H20N2O3. The van der Waals surface area contributed by atoms with Crippen LogP contribution in [-0.2, 0) is 0 Å². The van der Waals surface area contributed by atoms with Crippen LogP contribution in [0.2, 0.25) is 0 Å². The first-order valence-electron chi connectivity index (χ1n) is 6.87. The average Bonchev–Trinajstić information content (AvgIpc) is 2.41. The highest BCUT2D eigenvalue weighted by molar-refractivity contribution is 5.94. The molecule has 20 heavy (non-hydrogen) atoms. The van der Waals surface area contributed by atoms with Crippen molar-refractivity contribution in [2.75, 3.05) is 18.4 Å². The molecular weight excluding hydrogens is 256 g/mol. The van der Waals surface area contributed by atoms with Crippen LogP contribution in [0.15, 0.2) is 18.2 Å². The second kappa shape index (κ2) is 5.94. The van der Waals surface area contributed by atoms with Crippen LogP contribution >= 0.6 is 0 Å². The predicted octanol–water partition coefficient (Wildman–Crippen LogP) is 2.96. The van der Waals surface area contributed by atoms with Gasteiger partial charge in [-0.15, -0.1) is 0 Å². The van der Waals surface area contributed by atoms with Crippen LogP contribution < -0.4 is 5.32 Å². The lowest BCUT2D eigenvalue weighted by molar-refractivity contribution is 0.0697. The molecule has 1 aromatic rings. The number of aryl methyl sites for hydroxylation is 1. The molecule has 0 aromatic heterocycles. The lowest BCUT2D eigenvalue weighted by atomic mass is 10.0. The van der Waals surface area contributed by atoms with Crippen LogP contribution in [-0.4, -0.2) is 35.1 Å². The van der Waals surface area contributed by atoms with Gasteiger partial charge in [-0.3, -0.25) is 0 Å². The number of rotatable bonds is 2. The second-order valence-corrected chi connectivity index (χ2v) is 5.46. The van der Waals surface area contributed by atoms with Crippen molar-refractivity contribution in [3.63, 3.8) is 0 Å². The molecule has 1 saturated heterocycles. The molecule has 1 aliphatic heterocycles. The van der Waals surface area contributed by atoms with E-state index >= 15 is 0 Å². The Balaban J connectivity index is 2.10. The third-order valence-electron chi connectivity index (χ3n) is 3.67. The standard InChI is InChI=1S/C15H20N2O3/c1-10-4-3-7-17(9-10)15(20)16-13-8-12(14(18)19)6-5-11(13)2/h5-6,8,10H,3-4,7,9H2,1-2H3,(H,16,20)(H,18,19). The number of carbonyl (C=O) groups is 2. The first kappa shape index (κ1) is 14.4. The summed E-state index contributed by atoms with van der Waals surface area (Å²) in [6.07, 6.45) is 2.17. The summed E-state index contributed by atoms with van der Waals surface area (Å²) in [5.74, 6) is -0.479. The van der Waals surface area contributed by atoms with Gasteiger partial charge in [-0.25, -0.2) is 9.59 Å². The molecule has 0 aliphatic carbocycles. The summed E-state index contributed by atoms with van der Waals surface area (Å²) in [5.41, 5.74) is 1.60. The van der Waals surface area contributed by atoms with Gasteiger partial charge in [-0.05, 0) is 43.4 Å². The molecule has 0 bridgehead atoms. The summed E-state index contributed by atoms with van der Waals surface area (Å²) < 4.78 is 0. The van der Waals surface area contributed by atoms with Crippen molar-refractivity contribution in [2.24, 2.45) is 5.92 Å². The SMILES string of the molecule is Cc1ccc(C(=O)O)cc1NC(=O)N1CCCC(C)C1. The van der Waals surface area contributed by atoms with E-state index in [-0.39, 0.29) is 11.6 Å². The van der Waals surface area contributed by atoms with E-state index in [2.05, 4.69) is 12.2 Å². The van der Waals surface area contributed by atoms with Gasteiger partial charge in [0.1, 0.15) is 0 Å². The smallest absolute Gasteiger partial charge is 0.335 e. The van der Waals surface area contributed by atoms with Crippen molar-refractivity contribution >= 4 is 17.7 Å². The Labute approximate surface area is 118 Å². The van der Waals surface area contributed by atoms with Gasteiger partial charge in [0, 0.05) is 18.8 Å². The topological polar surface area (TPSA) is 69.6 Å². The summed E-state index contributed by atoms with van der Waals surface area (Å²) in [7, 11) is 0. The number of hydrogen-bond acceptors (Lipinski definition) is 2. The minimum Gasteiger partial charge on any atom is -0.478 e. The Kier molecular flexibility index (Phi) is 4.27. The number of nitrogens with one attached hydrogen (secondary N) is 1. The van der Waals surface area contributed by atoms with Crippen LogP contribution in [0.1, 0.15) is 35.7 Å². The van der Waals surface area contributed by atoms with Crippen LogP contribution in [0.4, 0.5) is 10.5 Å². The lowest BCUT2D eigenvalue weighted by Crippen LogP contribution is -2.41. The van der Waals surface area contributed by atoms with Gasteiger partial charge in [0.2, 0.25) is 0 Å². The highest BCUT2D eigenvalue weighted by Gasteiger charge is 2.21. The summed E-state index contributed by atoms with van der Waals surface area (Å²) in [5, 5.41) is 11.8. The number of carbonyl (C=O) groups excluding carboxylic acids is 1. The zero-order valence-electron chi connectivity index (χ0n) is 11.8. The third-order valence-corrected chi connectivity index (χ3v) is 3.67. The predicted molar refractivity (Wildman–Crippen MR) is 77.1 cm³/mol. The van der Waals surface area contributed by atoms with Crippen molar-refractivity contribution in [3.8, 4) is 0 Å². The number of amides is 2. The minimum atomic E-state index is -0.993. The molecule has 2 amide bonds. The molecule has 5 heteroatoms. The molecule has 2 N–H and O–H groups in total. The summed E-state index contributed by atoms with van der Waals surface area (Å²) >= 11 is 0. The number of anilines is 1. The number of carboxylic acid groups (broad SMARTS) is 1. The van der Waals surface area contributed by atoms with E-state index in [1.165, 1.54) is 12.1 Å². The maximum atomic E-state index is 12.2. The van der Waals surface area contributed by atoms with Crippen LogP contribution in [0.25, 0.3) is 0 Å². The number of piperidine rings is 1. The molecule has 0 spiro atoms. The van der Waals surface area contributed by atoms with Crippen molar-refractivity contribution in [3.05, 3.63) is 29.3 Å². The fraction of sp³-hybridized carbons (Fsp3) is 0.467. The van der Waals surface area contributed by atoms with E-state index in [0.29, 0.717) is 11.6 Å². The number of aromatic carboxylic acids is 1. The Morgan fingerprint density at radius 1 is 1.40 bits per heavy atom. The number of carboxylic acids is 1. The zero-order valence-corrected chi connectivity index (χ0v) is 11.8. The molecule has 1 unspecified atom stereocenters. The quantitative estimate of drug-likeness (QED) is 0.872. The molecule has 2 rings (SSSR count). The Bertz CT molecular complexity index is 528. The lowest BCUT2D eigenvalue weighted by Gasteiger charge is -2.31. The zero-order chi connectivity index (χ0) is 14.7. The normalized spacial score (nSPS) is 18.7. The van der Waals surface area contributed by atoms with Gasteiger partial charge in [-0.1, -0.05) is 13.0 Å². The maximum absolute atomic E-state index is 12.2. The number of benzene rings is 1. The minimum absolute atomic E-state index is 0.151. The molecule has 1 heterocycles. The van der Waals surface area contributed by atoms with Gasteiger partial charge in [-0.2, -0.15) is 0 Å². The molecule has 108 valence electrons. The summed E-state index contributed by atoms with van der Waals surface area (Å²) in [4.78, 5) is 25.0. The van der Waals surface area contributed by atoms with E-state index in [1.807, 2.05) is 6.92 Å². The van der Waals surface area contributed by atoms with Crippen molar-refractivity contribution in [1.82, 2.24) is 4.90 Å². The first-order chi connectivity index (χ1) is 9.47. The second-order valence-electron chi connectivity index (χ2n) is 5.46. The first-order valence-corrected chi connectivity index (χ1v) is 6.87. The summed E-state index contributed by atoms with van der Waals surface area (Å²) in [6.45, 7) is 5.49. The maximum Gasteiger partial charge on any atom is 0.335 e. The molecule has 1 atom stereocenters. The van der Waals surface area contributed by atoms with Gasteiger partial charge >= 0.3 is 12.0 Å². The Morgan fingerprint density at radius 3 is 2.80 bits per heavy atom. The highest BCUT2D eigenvalue weighted by atomic mass is 16.4. The molecule has 1 aliphatic rings. The van der Waals surface area contributed by atoms with Gasteiger partial charge in [0.15, 0.2) is 0 Å². The van der Waals surface area contributed by atoms with Gasteiger partial charge in [0.05, 0.1) is 5.56 Å². The Morgan fingerprint density at radius 2 is 2.15 bits per heavy atom. The number of likely N-dealkylation sites (tertiary alicyclic amines) is 1. The van der Waals surface area contributed by atoms with E-state index in [9.17, 15) is 9.59 Å².